The Labute approximate surface area is 123 Å². The number of thioether (sulfide) groups is 1. The maximum absolute atomic E-state index is 12.0. The monoisotopic (exact) mass is 293 g/mol. The average molecular weight is 293 g/mol. The van der Waals surface area contributed by atoms with Crippen molar-refractivity contribution in [3.05, 3.63) is 35.4 Å². The van der Waals surface area contributed by atoms with E-state index in [4.69, 9.17) is 5.11 Å². The van der Waals surface area contributed by atoms with E-state index in [0.29, 0.717) is 10.8 Å². The van der Waals surface area contributed by atoms with Gasteiger partial charge in [-0.3, -0.25) is 4.79 Å². The van der Waals surface area contributed by atoms with Crippen molar-refractivity contribution in [1.82, 2.24) is 5.32 Å². The molecule has 1 saturated carbocycles. The van der Waals surface area contributed by atoms with Gasteiger partial charge < -0.3 is 10.4 Å². The van der Waals surface area contributed by atoms with E-state index in [-0.39, 0.29) is 23.9 Å². The number of carboxylic acid groups (broad SMARTS) is 1. The van der Waals surface area contributed by atoms with E-state index in [2.05, 4.69) is 11.6 Å². The minimum Gasteiger partial charge on any atom is -0.478 e. The molecule has 1 aliphatic carbocycles. The highest BCUT2D eigenvalue weighted by molar-refractivity contribution is 7.99. The molecule has 4 nitrogen and oxygen atoms in total. The lowest BCUT2D eigenvalue weighted by molar-refractivity contribution is -0.121. The molecule has 1 aromatic rings. The van der Waals surface area contributed by atoms with Crippen LogP contribution in [0.15, 0.2) is 24.3 Å². The van der Waals surface area contributed by atoms with Gasteiger partial charge in [0.2, 0.25) is 5.91 Å². The van der Waals surface area contributed by atoms with Crippen LogP contribution in [0.2, 0.25) is 0 Å². The normalized spacial score (nSPS) is 21.6. The highest BCUT2D eigenvalue weighted by atomic mass is 32.2. The molecule has 20 heavy (non-hydrogen) atoms. The Morgan fingerprint density at radius 1 is 1.35 bits per heavy atom. The zero-order valence-electron chi connectivity index (χ0n) is 11.5. The van der Waals surface area contributed by atoms with Crippen LogP contribution in [-0.2, 0) is 11.2 Å². The summed E-state index contributed by atoms with van der Waals surface area (Å²) in [5, 5.41) is 12.7. The topological polar surface area (TPSA) is 66.4 Å². The molecule has 2 N–H and O–H groups in total. The summed E-state index contributed by atoms with van der Waals surface area (Å²) in [4.78, 5) is 23.1. The van der Waals surface area contributed by atoms with E-state index in [1.807, 2.05) is 11.8 Å². The molecule has 1 amide bonds. The van der Waals surface area contributed by atoms with Crippen molar-refractivity contribution in [2.45, 2.75) is 37.0 Å². The van der Waals surface area contributed by atoms with Gasteiger partial charge >= 0.3 is 5.97 Å². The third-order valence-corrected chi connectivity index (χ3v) is 4.78. The lowest BCUT2D eigenvalue weighted by atomic mass is 10.0. The van der Waals surface area contributed by atoms with Crippen LogP contribution in [0.25, 0.3) is 0 Å². The first-order valence-corrected chi connectivity index (χ1v) is 8.02. The van der Waals surface area contributed by atoms with Crippen molar-refractivity contribution in [1.29, 1.82) is 0 Å². The minimum absolute atomic E-state index is 0.0922. The largest absolute Gasteiger partial charge is 0.478 e. The summed E-state index contributed by atoms with van der Waals surface area (Å²) >= 11 is 1.84. The van der Waals surface area contributed by atoms with Crippen molar-refractivity contribution >= 4 is 23.6 Å². The van der Waals surface area contributed by atoms with Crippen LogP contribution >= 0.6 is 11.8 Å². The van der Waals surface area contributed by atoms with Crippen molar-refractivity contribution in [2.75, 3.05) is 6.26 Å². The number of carbonyl (C=O) groups excluding carboxylic acids is 1. The number of aromatic carboxylic acids is 1. The molecule has 0 bridgehead atoms. The molecule has 0 radical (unpaired) electrons. The number of carbonyl (C=O) groups is 2. The Bertz CT molecular complexity index is 504. The zero-order valence-corrected chi connectivity index (χ0v) is 12.3. The zero-order chi connectivity index (χ0) is 14.5. The summed E-state index contributed by atoms with van der Waals surface area (Å²) in [6, 6.07) is 6.89. The SMILES string of the molecule is CSC1CCC(NC(=O)Cc2ccccc2C(=O)O)C1. The number of amides is 1. The fourth-order valence-corrected chi connectivity index (χ4v) is 3.42. The van der Waals surface area contributed by atoms with Gasteiger partial charge in [0.1, 0.15) is 0 Å². The molecule has 108 valence electrons. The summed E-state index contributed by atoms with van der Waals surface area (Å²) in [6.45, 7) is 0. The highest BCUT2D eigenvalue weighted by Crippen LogP contribution is 2.28. The van der Waals surface area contributed by atoms with Crippen molar-refractivity contribution < 1.29 is 14.7 Å². The van der Waals surface area contributed by atoms with E-state index in [0.717, 1.165) is 19.3 Å². The lowest BCUT2D eigenvalue weighted by Crippen LogP contribution is -2.34. The molecule has 1 fully saturated rings. The summed E-state index contributed by atoms with van der Waals surface area (Å²) in [7, 11) is 0. The Kier molecular flexibility index (Phi) is 5.06. The highest BCUT2D eigenvalue weighted by Gasteiger charge is 2.25. The van der Waals surface area contributed by atoms with Crippen LogP contribution in [-0.4, -0.2) is 34.5 Å². The standard InChI is InChI=1S/C15H19NO3S/c1-20-12-7-6-11(9-12)16-14(17)8-10-4-2-3-5-13(10)15(18)19/h2-5,11-12H,6-9H2,1H3,(H,16,17)(H,18,19). The van der Waals surface area contributed by atoms with Crippen LogP contribution in [0.5, 0.6) is 0 Å². The molecule has 2 atom stereocenters. The van der Waals surface area contributed by atoms with Crippen molar-refractivity contribution in [3.8, 4) is 0 Å². The Morgan fingerprint density at radius 3 is 2.75 bits per heavy atom. The van der Waals surface area contributed by atoms with Crippen LogP contribution in [0.4, 0.5) is 0 Å². The first-order chi connectivity index (χ1) is 9.60. The van der Waals surface area contributed by atoms with E-state index >= 15 is 0 Å². The fourth-order valence-electron chi connectivity index (χ4n) is 2.62. The van der Waals surface area contributed by atoms with Gasteiger partial charge in [-0.2, -0.15) is 11.8 Å². The first kappa shape index (κ1) is 14.9. The number of hydrogen-bond acceptors (Lipinski definition) is 3. The quantitative estimate of drug-likeness (QED) is 0.874. The second-order valence-corrected chi connectivity index (χ2v) is 6.21. The second kappa shape index (κ2) is 6.79. The molecule has 5 heteroatoms. The number of carboxylic acids is 1. The maximum Gasteiger partial charge on any atom is 0.335 e. The number of benzene rings is 1. The van der Waals surface area contributed by atoms with Crippen molar-refractivity contribution in [2.24, 2.45) is 0 Å². The molecular weight excluding hydrogens is 274 g/mol. The molecule has 1 aromatic carbocycles. The van der Waals surface area contributed by atoms with Crippen LogP contribution < -0.4 is 5.32 Å². The molecule has 0 heterocycles. The van der Waals surface area contributed by atoms with Gasteiger partial charge in [0.05, 0.1) is 12.0 Å². The van der Waals surface area contributed by atoms with E-state index < -0.39 is 5.97 Å². The number of nitrogens with one attached hydrogen (secondary N) is 1. The number of rotatable bonds is 5. The number of hydrogen-bond donors (Lipinski definition) is 2. The lowest BCUT2D eigenvalue weighted by Gasteiger charge is -2.13. The van der Waals surface area contributed by atoms with Gasteiger partial charge in [0.25, 0.3) is 0 Å². The third-order valence-electron chi connectivity index (χ3n) is 3.68. The van der Waals surface area contributed by atoms with E-state index in [9.17, 15) is 9.59 Å². The maximum atomic E-state index is 12.0. The van der Waals surface area contributed by atoms with Gasteiger partial charge in [-0.05, 0) is 37.1 Å². The van der Waals surface area contributed by atoms with Gasteiger partial charge in [0, 0.05) is 11.3 Å². The molecule has 2 rings (SSSR count). The van der Waals surface area contributed by atoms with Gasteiger partial charge in [-0.1, -0.05) is 18.2 Å². The third kappa shape index (κ3) is 3.76. The predicted octanol–water partition coefficient (Wildman–Crippen LogP) is 2.33. The molecular formula is C15H19NO3S. The molecule has 2 unspecified atom stereocenters. The Morgan fingerprint density at radius 2 is 2.10 bits per heavy atom. The molecule has 0 aliphatic heterocycles. The molecule has 1 aliphatic rings. The van der Waals surface area contributed by atoms with E-state index in [1.54, 1.807) is 18.2 Å². The van der Waals surface area contributed by atoms with Crippen molar-refractivity contribution in [3.63, 3.8) is 0 Å². The molecule has 0 spiro atoms. The minimum atomic E-state index is -0.989. The van der Waals surface area contributed by atoms with Crippen LogP contribution in [0.3, 0.4) is 0 Å². The smallest absolute Gasteiger partial charge is 0.335 e. The fraction of sp³-hybridized carbons (Fsp3) is 0.467. The summed E-state index contributed by atoms with van der Waals surface area (Å²) in [6.07, 6.45) is 5.38. The van der Waals surface area contributed by atoms with Gasteiger partial charge in [0.15, 0.2) is 0 Å². The molecule has 0 saturated heterocycles. The average Bonchev–Trinajstić information content (AvgIpc) is 2.86. The summed E-state index contributed by atoms with van der Waals surface area (Å²) in [5.74, 6) is -1.08. The van der Waals surface area contributed by atoms with E-state index in [1.165, 1.54) is 6.07 Å². The molecule has 0 aromatic heterocycles. The second-order valence-electron chi connectivity index (χ2n) is 5.07. The first-order valence-electron chi connectivity index (χ1n) is 6.73. The van der Waals surface area contributed by atoms with Crippen LogP contribution in [0, 0.1) is 0 Å². The predicted molar refractivity (Wildman–Crippen MR) is 80.2 cm³/mol. The summed E-state index contributed by atoms with van der Waals surface area (Å²) in [5.41, 5.74) is 0.771. The van der Waals surface area contributed by atoms with Crippen LogP contribution in [0.1, 0.15) is 35.2 Å². The Hall–Kier alpha value is -1.49. The van der Waals surface area contributed by atoms with Gasteiger partial charge in [-0.15, -0.1) is 0 Å². The Balaban J connectivity index is 1.94. The van der Waals surface area contributed by atoms with Gasteiger partial charge in [-0.25, -0.2) is 4.79 Å². The summed E-state index contributed by atoms with van der Waals surface area (Å²) < 4.78 is 0.